The van der Waals surface area contributed by atoms with Crippen LogP contribution in [0.25, 0.3) is 76.5 Å². The van der Waals surface area contributed by atoms with E-state index in [1.807, 2.05) is 6.07 Å². The largest absolute Gasteiger partial charge is 0.456 e. The smallest absolute Gasteiger partial charge is 0.137 e. The standard InChI is InChI=1S/C55H33NO/c1-2-15-39-37(13-1)38-14-3-4-16-40(38)47-31-34(25-28-41(39)47)56(36-26-29-46-45-20-8-12-24-53(45)57-54(46)33-36)35-27-30-52-48(32-35)44-19-7-11-23-51(44)55(52)49-21-9-5-17-42(49)43-18-6-10-22-50(43)55/h1-33H. The summed E-state index contributed by atoms with van der Waals surface area (Å²) >= 11 is 0. The molecule has 0 radical (unpaired) electrons. The molecule has 0 aliphatic heterocycles. The number of para-hydroxylation sites is 1. The van der Waals surface area contributed by atoms with Crippen molar-refractivity contribution >= 4 is 71.3 Å². The summed E-state index contributed by atoms with van der Waals surface area (Å²) in [5.74, 6) is 0. The van der Waals surface area contributed by atoms with Gasteiger partial charge in [0.15, 0.2) is 0 Å². The Balaban J connectivity index is 1.09. The summed E-state index contributed by atoms with van der Waals surface area (Å²) in [6, 6.07) is 73.8. The van der Waals surface area contributed by atoms with Gasteiger partial charge in [0, 0.05) is 33.9 Å². The van der Waals surface area contributed by atoms with Gasteiger partial charge in [0.25, 0.3) is 0 Å². The fourth-order valence-corrected chi connectivity index (χ4v) is 10.6. The van der Waals surface area contributed by atoms with Crippen molar-refractivity contribution in [2.75, 3.05) is 4.90 Å². The number of rotatable bonds is 3. The molecular formula is C55H33NO. The molecule has 1 heterocycles. The van der Waals surface area contributed by atoms with Crippen LogP contribution in [-0.4, -0.2) is 0 Å². The van der Waals surface area contributed by atoms with Crippen molar-refractivity contribution in [3.05, 3.63) is 222 Å². The first-order valence-electron chi connectivity index (χ1n) is 19.8. The molecule has 13 rings (SSSR count). The Morgan fingerprint density at radius 1 is 0.281 bits per heavy atom. The number of benzene rings is 10. The van der Waals surface area contributed by atoms with Crippen LogP contribution in [0.5, 0.6) is 0 Å². The Hall–Kier alpha value is -7.42. The summed E-state index contributed by atoms with van der Waals surface area (Å²) in [6.45, 7) is 0. The third-order valence-electron chi connectivity index (χ3n) is 12.8. The highest BCUT2D eigenvalue weighted by Crippen LogP contribution is 2.63. The average Bonchev–Trinajstić information content (AvgIpc) is 3.90. The van der Waals surface area contributed by atoms with Crippen molar-refractivity contribution in [2.45, 2.75) is 5.41 Å². The fraction of sp³-hybridized carbons (Fsp3) is 0.0182. The lowest BCUT2D eigenvalue weighted by Crippen LogP contribution is -2.25. The SMILES string of the molecule is c1ccc2c(c1)-c1ccccc1C21c2ccccc2-c2cc(N(c3ccc4c(c3)oc3ccccc34)c3ccc4c5ccccc5c5ccccc5c4c3)ccc21. The third kappa shape index (κ3) is 4.04. The average molecular weight is 724 g/mol. The molecule has 1 aromatic heterocycles. The molecule has 0 fully saturated rings. The fourth-order valence-electron chi connectivity index (χ4n) is 10.6. The van der Waals surface area contributed by atoms with Gasteiger partial charge in [-0.05, 0) is 119 Å². The van der Waals surface area contributed by atoms with Crippen molar-refractivity contribution in [2.24, 2.45) is 0 Å². The van der Waals surface area contributed by atoms with Crippen LogP contribution >= 0.6 is 0 Å². The summed E-state index contributed by atoms with van der Waals surface area (Å²) in [5.41, 5.74) is 15.2. The zero-order valence-corrected chi connectivity index (χ0v) is 30.9. The normalized spacial score (nSPS) is 13.4. The number of anilines is 3. The molecule has 0 amide bonds. The zero-order chi connectivity index (χ0) is 37.2. The maximum absolute atomic E-state index is 6.51. The number of hydrogen-bond donors (Lipinski definition) is 0. The van der Waals surface area contributed by atoms with Crippen LogP contribution in [0, 0.1) is 0 Å². The zero-order valence-electron chi connectivity index (χ0n) is 30.9. The molecule has 11 aromatic rings. The Bertz CT molecular complexity index is 3420. The van der Waals surface area contributed by atoms with Crippen LogP contribution in [0.1, 0.15) is 22.3 Å². The van der Waals surface area contributed by atoms with Gasteiger partial charge < -0.3 is 9.32 Å². The van der Waals surface area contributed by atoms with E-state index < -0.39 is 5.41 Å². The minimum atomic E-state index is -0.390. The van der Waals surface area contributed by atoms with E-state index in [9.17, 15) is 0 Å². The number of nitrogens with zero attached hydrogens (tertiary/aromatic N) is 1. The minimum absolute atomic E-state index is 0.390. The Kier molecular flexibility index (Phi) is 6.13. The van der Waals surface area contributed by atoms with E-state index in [0.29, 0.717) is 0 Å². The summed E-state index contributed by atoms with van der Waals surface area (Å²) in [6.07, 6.45) is 0. The lowest BCUT2D eigenvalue weighted by Gasteiger charge is -2.31. The highest BCUT2D eigenvalue weighted by atomic mass is 16.3. The third-order valence-corrected chi connectivity index (χ3v) is 12.8. The van der Waals surface area contributed by atoms with Crippen molar-refractivity contribution in [1.82, 2.24) is 0 Å². The predicted octanol–water partition coefficient (Wildman–Crippen LogP) is 14.9. The van der Waals surface area contributed by atoms with Crippen LogP contribution in [0.3, 0.4) is 0 Å². The van der Waals surface area contributed by atoms with E-state index in [0.717, 1.165) is 39.0 Å². The molecule has 57 heavy (non-hydrogen) atoms. The van der Waals surface area contributed by atoms with Crippen LogP contribution in [0.15, 0.2) is 205 Å². The maximum Gasteiger partial charge on any atom is 0.137 e. The lowest BCUT2D eigenvalue weighted by molar-refractivity contribution is 0.669. The first-order chi connectivity index (χ1) is 28.3. The van der Waals surface area contributed by atoms with Gasteiger partial charge in [0.1, 0.15) is 11.2 Å². The Morgan fingerprint density at radius 3 is 1.32 bits per heavy atom. The second kappa shape index (κ2) is 11.3. The summed E-state index contributed by atoms with van der Waals surface area (Å²) in [7, 11) is 0. The molecule has 2 nitrogen and oxygen atoms in total. The van der Waals surface area contributed by atoms with Crippen LogP contribution in [0.2, 0.25) is 0 Å². The first kappa shape index (κ1) is 30.9. The summed E-state index contributed by atoms with van der Waals surface area (Å²) in [4.78, 5) is 2.42. The van der Waals surface area contributed by atoms with Gasteiger partial charge in [-0.15, -0.1) is 0 Å². The van der Waals surface area contributed by atoms with Gasteiger partial charge in [0.2, 0.25) is 0 Å². The molecule has 2 aliphatic rings. The quantitative estimate of drug-likeness (QED) is 0.169. The van der Waals surface area contributed by atoms with E-state index >= 15 is 0 Å². The Morgan fingerprint density at radius 2 is 0.684 bits per heavy atom. The van der Waals surface area contributed by atoms with E-state index in [-0.39, 0.29) is 0 Å². The summed E-state index contributed by atoms with van der Waals surface area (Å²) < 4.78 is 6.51. The van der Waals surface area contributed by atoms with E-state index in [4.69, 9.17) is 4.42 Å². The minimum Gasteiger partial charge on any atom is -0.456 e. The molecule has 1 spiro atoms. The van der Waals surface area contributed by atoms with E-state index in [1.54, 1.807) is 0 Å². The molecule has 10 aromatic carbocycles. The maximum atomic E-state index is 6.51. The molecular weight excluding hydrogens is 691 g/mol. The van der Waals surface area contributed by atoms with Crippen LogP contribution in [0.4, 0.5) is 17.1 Å². The number of fused-ring (bicyclic) bond motifs is 19. The van der Waals surface area contributed by atoms with Crippen LogP contribution in [-0.2, 0) is 5.41 Å². The van der Waals surface area contributed by atoms with Gasteiger partial charge in [-0.3, -0.25) is 0 Å². The van der Waals surface area contributed by atoms with Crippen molar-refractivity contribution < 1.29 is 4.42 Å². The molecule has 0 saturated heterocycles. The Labute approximate surface area is 329 Å². The molecule has 2 heteroatoms. The van der Waals surface area contributed by atoms with Crippen molar-refractivity contribution in [3.63, 3.8) is 0 Å². The first-order valence-corrected chi connectivity index (χ1v) is 19.8. The molecule has 0 N–H and O–H groups in total. The van der Waals surface area contributed by atoms with Gasteiger partial charge in [-0.25, -0.2) is 0 Å². The highest BCUT2D eigenvalue weighted by Gasteiger charge is 2.51. The summed E-state index contributed by atoms with van der Waals surface area (Å²) in [5, 5.41) is 9.81. The molecule has 2 aliphatic carbocycles. The number of hydrogen-bond acceptors (Lipinski definition) is 2. The molecule has 0 bridgehead atoms. The highest BCUT2D eigenvalue weighted by molar-refractivity contribution is 6.26. The van der Waals surface area contributed by atoms with E-state index in [2.05, 4.69) is 199 Å². The van der Waals surface area contributed by atoms with Crippen molar-refractivity contribution in [1.29, 1.82) is 0 Å². The monoisotopic (exact) mass is 723 g/mol. The molecule has 0 unspecified atom stereocenters. The van der Waals surface area contributed by atoms with Gasteiger partial charge in [0.05, 0.1) is 5.41 Å². The number of furan rings is 1. The van der Waals surface area contributed by atoms with Crippen LogP contribution < -0.4 is 4.90 Å². The second-order valence-electron chi connectivity index (χ2n) is 15.6. The molecule has 0 atom stereocenters. The van der Waals surface area contributed by atoms with Crippen molar-refractivity contribution in [3.8, 4) is 22.3 Å². The lowest BCUT2D eigenvalue weighted by atomic mass is 9.70. The second-order valence-corrected chi connectivity index (χ2v) is 15.6. The topological polar surface area (TPSA) is 16.4 Å². The molecule has 264 valence electrons. The van der Waals surface area contributed by atoms with E-state index in [1.165, 1.54) is 76.8 Å². The van der Waals surface area contributed by atoms with Gasteiger partial charge >= 0.3 is 0 Å². The predicted molar refractivity (Wildman–Crippen MR) is 237 cm³/mol. The van der Waals surface area contributed by atoms with Gasteiger partial charge in [-0.2, -0.15) is 0 Å². The van der Waals surface area contributed by atoms with Gasteiger partial charge in [-0.1, -0.05) is 152 Å². The molecule has 0 saturated carbocycles.